The number of carbonyl (C=O) groups excluding carboxylic acids is 2. The minimum atomic E-state index is -0.127. The number of nitrogens with one attached hydrogen (secondary N) is 1. The van der Waals surface area contributed by atoms with Crippen molar-refractivity contribution in [2.75, 3.05) is 11.9 Å². The summed E-state index contributed by atoms with van der Waals surface area (Å²) in [5.41, 5.74) is 4.69. The molecule has 1 aromatic heterocycles. The summed E-state index contributed by atoms with van der Waals surface area (Å²) >= 11 is 0. The number of anilines is 1. The van der Waals surface area contributed by atoms with E-state index < -0.39 is 0 Å². The number of benzene rings is 2. The van der Waals surface area contributed by atoms with Crippen molar-refractivity contribution < 1.29 is 14.0 Å². The minimum absolute atomic E-state index is 0.0559. The molecule has 2 aliphatic rings. The van der Waals surface area contributed by atoms with Gasteiger partial charge in [-0.05, 0) is 66.3 Å². The van der Waals surface area contributed by atoms with E-state index in [9.17, 15) is 9.59 Å². The van der Waals surface area contributed by atoms with Gasteiger partial charge in [-0.3, -0.25) is 9.59 Å². The fourth-order valence-electron chi connectivity index (χ4n) is 4.62. The van der Waals surface area contributed by atoms with Gasteiger partial charge in [0.05, 0.1) is 0 Å². The lowest BCUT2D eigenvalue weighted by Crippen LogP contribution is -2.41. The standard InChI is InChI=1S/C29H32N2O3/c1-29(2,3)23-11-7-20(8-12-23)27(32)30-24-13-9-19(10-14-24)26-17-22-18-31(16-15-25(22)34-26)28(33)21-5-4-6-21/h7-14,17,21H,4-6,15-16,18H2,1-3H3,(H,30,32). The number of carbonyl (C=O) groups is 2. The average Bonchev–Trinajstić information content (AvgIpc) is 3.21. The summed E-state index contributed by atoms with van der Waals surface area (Å²) in [7, 11) is 0. The molecule has 1 aliphatic carbocycles. The number of fused-ring (bicyclic) bond motifs is 1. The summed E-state index contributed by atoms with van der Waals surface area (Å²) in [6.07, 6.45) is 4.00. The van der Waals surface area contributed by atoms with Gasteiger partial charge in [0.15, 0.2) is 0 Å². The average molecular weight is 457 g/mol. The number of hydrogen-bond donors (Lipinski definition) is 1. The summed E-state index contributed by atoms with van der Waals surface area (Å²) in [4.78, 5) is 27.3. The largest absolute Gasteiger partial charge is 0.461 e. The molecule has 5 rings (SSSR count). The topological polar surface area (TPSA) is 62.6 Å². The van der Waals surface area contributed by atoms with Crippen molar-refractivity contribution in [3.8, 4) is 11.3 Å². The third-order valence-corrected chi connectivity index (χ3v) is 7.07. The molecule has 1 aliphatic heterocycles. The van der Waals surface area contributed by atoms with E-state index >= 15 is 0 Å². The zero-order valence-corrected chi connectivity index (χ0v) is 20.2. The molecule has 1 saturated carbocycles. The van der Waals surface area contributed by atoms with Crippen LogP contribution in [0.5, 0.6) is 0 Å². The quantitative estimate of drug-likeness (QED) is 0.510. The van der Waals surface area contributed by atoms with Crippen LogP contribution in [0.4, 0.5) is 5.69 Å². The fourth-order valence-corrected chi connectivity index (χ4v) is 4.62. The highest BCUT2D eigenvalue weighted by Gasteiger charge is 2.32. The molecule has 2 aromatic carbocycles. The third kappa shape index (κ3) is 4.52. The molecular weight excluding hydrogens is 424 g/mol. The molecule has 3 aromatic rings. The van der Waals surface area contributed by atoms with E-state index in [0.717, 1.165) is 54.1 Å². The molecule has 176 valence electrons. The van der Waals surface area contributed by atoms with E-state index in [4.69, 9.17) is 4.42 Å². The molecule has 2 heterocycles. The minimum Gasteiger partial charge on any atom is -0.461 e. The number of nitrogens with zero attached hydrogens (tertiary/aromatic N) is 1. The Hall–Kier alpha value is -3.34. The normalized spacial score (nSPS) is 16.0. The third-order valence-electron chi connectivity index (χ3n) is 7.07. The molecular formula is C29H32N2O3. The van der Waals surface area contributed by atoms with Crippen LogP contribution in [-0.4, -0.2) is 23.3 Å². The molecule has 0 saturated heterocycles. The molecule has 0 radical (unpaired) electrons. The Morgan fingerprint density at radius 3 is 2.32 bits per heavy atom. The van der Waals surface area contributed by atoms with E-state index in [-0.39, 0.29) is 17.2 Å². The maximum Gasteiger partial charge on any atom is 0.255 e. The van der Waals surface area contributed by atoms with Crippen LogP contribution in [0.15, 0.2) is 59.0 Å². The lowest BCUT2D eigenvalue weighted by molar-refractivity contribution is -0.139. The van der Waals surface area contributed by atoms with Crippen LogP contribution < -0.4 is 5.32 Å². The van der Waals surface area contributed by atoms with Gasteiger partial charge in [0.25, 0.3) is 5.91 Å². The number of rotatable bonds is 4. The SMILES string of the molecule is CC(C)(C)c1ccc(C(=O)Nc2ccc(-c3cc4c(o3)CCN(C(=O)C3CCC3)C4)cc2)cc1. The fraction of sp³-hybridized carbons (Fsp3) is 0.379. The zero-order chi connectivity index (χ0) is 23.9. The van der Waals surface area contributed by atoms with Crippen LogP contribution in [0.2, 0.25) is 0 Å². The highest BCUT2D eigenvalue weighted by atomic mass is 16.3. The van der Waals surface area contributed by atoms with Gasteiger partial charge in [0.2, 0.25) is 5.91 Å². The Morgan fingerprint density at radius 1 is 1.00 bits per heavy atom. The van der Waals surface area contributed by atoms with E-state index in [2.05, 4.69) is 32.2 Å². The summed E-state index contributed by atoms with van der Waals surface area (Å²) in [5.74, 6) is 2.18. The number of hydrogen-bond acceptors (Lipinski definition) is 3. The number of amides is 2. The highest BCUT2D eigenvalue weighted by Crippen LogP contribution is 2.33. The Balaban J connectivity index is 1.24. The Kier molecular flexibility index (Phi) is 5.80. The van der Waals surface area contributed by atoms with Crippen molar-refractivity contribution in [1.29, 1.82) is 0 Å². The Labute approximate surface area is 201 Å². The summed E-state index contributed by atoms with van der Waals surface area (Å²) in [6, 6.07) is 17.5. The van der Waals surface area contributed by atoms with Gasteiger partial charge in [-0.2, -0.15) is 0 Å². The number of furan rings is 1. The second-order valence-corrected chi connectivity index (χ2v) is 10.6. The maximum atomic E-state index is 12.7. The van der Waals surface area contributed by atoms with Crippen LogP contribution in [0, 0.1) is 5.92 Å². The van der Waals surface area contributed by atoms with Crippen molar-refractivity contribution in [2.24, 2.45) is 5.92 Å². The Bertz CT molecular complexity index is 1200. The second kappa shape index (κ2) is 8.79. The lowest BCUT2D eigenvalue weighted by Gasteiger charge is -2.33. The second-order valence-electron chi connectivity index (χ2n) is 10.6. The van der Waals surface area contributed by atoms with Crippen LogP contribution in [0.3, 0.4) is 0 Å². The van der Waals surface area contributed by atoms with Crippen LogP contribution in [0.25, 0.3) is 11.3 Å². The van der Waals surface area contributed by atoms with Crippen LogP contribution in [-0.2, 0) is 23.2 Å². The smallest absolute Gasteiger partial charge is 0.255 e. The molecule has 0 unspecified atom stereocenters. The van der Waals surface area contributed by atoms with E-state index in [1.165, 1.54) is 12.0 Å². The molecule has 0 bridgehead atoms. The summed E-state index contributed by atoms with van der Waals surface area (Å²) < 4.78 is 6.12. The predicted molar refractivity (Wildman–Crippen MR) is 134 cm³/mol. The van der Waals surface area contributed by atoms with Crippen molar-refractivity contribution in [2.45, 2.75) is 58.4 Å². The van der Waals surface area contributed by atoms with Gasteiger partial charge in [-0.25, -0.2) is 0 Å². The van der Waals surface area contributed by atoms with Gasteiger partial charge in [0.1, 0.15) is 11.5 Å². The maximum absolute atomic E-state index is 12.7. The van der Waals surface area contributed by atoms with Crippen molar-refractivity contribution in [1.82, 2.24) is 4.90 Å². The van der Waals surface area contributed by atoms with Crippen molar-refractivity contribution in [3.05, 3.63) is 77.0 Å². The van der Waals surface area contributed by atoms with Gasteiger partial charge in [-0.1, -0.05) is 39.3 Å². The predicted octanol–water partition coefficient (Wildman–Crippen LogP) is 6.18. The monoisotopic (exact) mass is 456 g/mol. The van der Waals surface area contributed by atoms with Crippen molar-refractivity contribution >= 4 is 17.5 Å². The molecule has 2 amide bonds. The molecule has 1 N–H and O–H groups in total. The van der Waals surface area contributed by atoms with E-state index in [0.29, 0.717) is 18.0 Å². The first-order valence-corrected chi connectivity index (χ1v) is 12.2. The molecule has 0 atom stereocenters. The van der Waals surface area contributed by atoms with E-state index in [1.807, 2.05) is 53.4 Å². The zero-order valence-electron chi connectivity index (χ0n) is 20.2. The summed E-state index contributed by atoms with van der Waals surface area (Å²) in [6.45, 7) is 7.84. The van der Waals surface area contributed by atoms with Gasteiger partial charge in [0, 0.05) is 47.8 Å². The van der Waals surface area contributed by atoms with Gasteiger partial charge < -0.3 is 14.6 Å². The van der Waals surface area contributed by atoms with Crippen LogP contribution in [0.1, 0.15) is 67.3 Å². The lowest BCUT2D eigenvalue weighted by atomic mass is 9.84. The van der Waals surface area contributed by atoms with E-state index in [1.54, 1.807) is 0 Å². The van der Waals surface area contributed by atoms with Crippen molar-refractivity contribution in [3.63, 3.8) is 0 Å². The first kappa shape index (κ1) is 22.5. The van der Waals surface area contributed by atoms with Gasteiger partial charge >= 0.3 is 0 Å². The molecule has 1 fully saturated rings. The van der Waals surface area contributed by atoms with Crippen LogP contribution >= 0.6 is 0 Å². The first-order valence-electron chi connectivity index (χ1n) is 12.2. The Morgan fingerprint density at radius 2 is 1.71 bits per heavy atom. The molecule has 5 heteroatoms. The molecule has 0 spiro atoms. The summed E-state index contributed by atoms with van der Waals surface area (Å²) in [5, 5.41) is 2.97. The first-order chi connectivity index (χ1) is 16.3. The van der Waals surface area contributed by atoms with Gasteiger partial charge in [-0.15, -0.1) is 0 Å². The molecule has 34 heavy (non-hydrogen) atoms. The highest BCUT2D eigenvalue weighted by molar-refractivity contribution is 6.04. The molecule has 5 nitrogen and oxygen atoms in total.